The van der Waals surface area contributed by atoms with Gasteiger partial charge in [0, 0.05) is 41.6 Å². The van der Waals surface area contributed by atoms with Gasteiger partial charge in [0.25, 0.3) is 11.8 Å². The quantitative estimate of drug-likeness (QED) is 0.166. The number of anilines is 1. The molecule has 0 aliphatic carbocycles. The molecule has 1 aromatic rings. The Kier molecular flexibility index (Phi) is 13.7. The molecule has 0 aromatic heterocycles. The van der Waals surface area contributed by atoms with E-state index < -0.39 is 34.3 Å². The molecule has 260 valence electrons. The zero-order valence-electron chi connectivity index (χ0n) is 29.4. The number of aryl methyl sites for hydroxylation is 1. The van der Waals surface area contributed by atoms with E-state index in [1.807, 2.05) is 62.3 Å². The maximum atomic E-state index is 13.0. The van der Waals surface area contributed by atoms with Crippen LogP contribution in [0.1, 0.15) is 100.0 Å². The first-order chi connectivity index (χ1) is 21.7. The van der Waals surface area contributed by atoms with E-state index in [-0.39, 0.29) is 49.5 Å². The minimum absolute atomic E-state index is 0.0120. The molecule has 1 aromatic carbocycles. The van der Waals surface area contributed by atoms with E-state index in [0.717, 1.165) is 4.90 Å². The van der Waals surface area contributed by atoms with Crippen LogP contribution in [0.15, 0.2) is 30.4 Å². The highest BCUT2D eigenvalue weighted by Crippen LogP contribution is 2.28. The lowest BCUT2D eigenvalue weighted by atomic mass is 9.95. The Hall–Kier alpha value is -4.22. The van der Waals surface area contributed by atoms with Crippen molar-refractivity contribution in [2.75, 3.05) is 18.1 Å². The Bertz CT molecular complexity index is 1330. The van der Waals surface area contributed by atoms with E-state index in [2.05, 4.69) is 21.3 Å². The molecule has 12 nitrogen and oxygen atoms in total. The molecule has 0 radical (unpaired) electrons. The normalized spacial score (nSPS) is 14.1. The number of hydrogen-bond donors (Lipinski definition) is 4. The molecule has 0 spiro atoms. The number of hydrogen-bond acceptors (Lipinski definition) is 7. The summed E-state index contributed by atoms with van der Waals surface area (Å²) >= 11 is 0. The van der Waals surface area contributed by atoms with Crippen molar-refractivity contribution < 1.29 is 33.5 Å². The maximum absolute atomic E-state index is 13.0. The van der Waals surface area contributed by atoms with Gasteiger partial charge in [-0.1, -0.05) is 20.8 Å². The second-order valence-electron chi connectivity index (χ2n) is 14.9. The van der Waals surface area contributed by atoms with Crippen LogP contribution in [0.5, 0.6) is 5.75 Å². The average molecular weight is 656 g/mol. The summed E-state index contributed by atoms with van der Waals surface area (Å²) in [6.07, 6.45) is 4.42. The fraction of sp³-hybridized carbons (Fsp3) is 0.600. The first-order valence-electron chi connectivity index (χ1n) is 16.2. The molecule has 0 saturated heterocycles. The van der Waals surface area contributed by atoms with E-state index in [9.17, 15) is 28.8 Å². The van der Waals surface area contributed by atoms with E-state index in [0.29, 0.717) is 42.8 Å². The van der Waals surface area contributed by atoms with Crippen molar-refractivity contribution >= 4 is 41.1 Å². The molecule has 1 aliphatic rings. The molecule has 4 N–H and O–H groups in total. The van der Waals surface area contributed by atoms with Crippen molar-refractivity contribution in [3.8, 4) is 5.75 Å². The molecule has 0 bridgehead atoms. The highest BCUT2D eigenvalue weighted by atomic mass is 16.5. The number of carbonyl (C=O) groups is 6. The van der Waals surface area contributed by atoms with E-state index in [4.69, 9.17) is 4.74 Å². The number of rotatable bonds is 15. The number of imide groups is 1. The Morgan fingerprint density at radius 2 is 1.43 bits per heavy atom. The van der Waals surface area contributed by atoms with Crippen LogP contribution in [0.2, 0.25) is 0 Å². The van der Waals surface area contributed by atoms with Crippen molar-refractivity contribution in [1.29, 1.82) is 0 Å². The fourth-order valence-electron chi connectivity index (χ4n) is 4.61. The minimum Gasteiger partial charge on any atom is -0.493 e. The van der Waals surface area contributed by atoms with Crippen LogP contribution < -0.4 is 30.9 Å². The maximum Gasteiger partial charge on any atom is 0.258 e. The second-order valence-corrected chi connectivity index (χ2v) is 14.9. The number of unbranched alkanes of at least 4 members (excludes halogenated alkanes) is 1. The molecular weight excluding hydrogens is 602 g/mol. The van der Waals surface area contributed by atoms with Gasteiger partial charge in [0.2, 0.25) is 23.6 Å². The molecule has 1 aliphatic heterocycles. The molecular formula is C35H53N5O7. The monoisotopic (exact) mass is 655 g/mol. The Balaban J connectivity index is 2.06. The number of carbonyl (C=O) groups excluding carboxylic acids is 6. The summed E-state index contributed by atoms with van der Waals surface area (Å²) in [6.45, 7) is 17.2. The number of nitrogens with zero attached hydrogens (tertiary/aromatic N) is 1. The van der Waals surface area contributed by atoms with Crippen LogP contribution in [-0.2, 0) is 35.2 Å². The SMILES string of the molecule is CC(C)(C)NC(=O)CCc1cc(N2C(=O)C=CC2=O)ccc1OCCC(=O)NC(CCCCNC(=O)C(C)(C)C)C(=O)NC(C)(C)C. The molecule has 1 heterocycles. The van der Waals surface area contributed by atoms with Gasteiger partial charge >= 0.3 is 0 Å². The zero-order chi connectivity index (χ0) is 35.6. The molecule has 47 heavy (non-hydrogen) atoms. The average Bonchev–Trinajstić information content (AvgIpc) is 3.26. The summed E-state index contributed by atoms with van der Waals surface area (Å²) in [5.41, 5.74) is -0.433. The second kappa shape index (κ2) is 16.6. The van der Waals surface area contributed by atoms with Crippen LogP contribution in [0.3, 0.4) is 0 Å². The van der Waals surface area contributed by atoms with Crippen LogP contribution in [0.25, 0.3) is 0 Å². The third-order valence-corrected chi connectivity index (χ3v) is 6.87. The van der Waals surface area contributed by atoms with Gasteiger partial charge in [-0.2, -0.15) is 0 Å². The summed E-state index contributed by atoms with van der Waals surface area (Å²) in [5, 5.41) is 11.6. The van der Waals surface area contributed by atoms with Gasteiger partial charge in [-0.15, -0.1) is 0 Å². The van der Waals surface area contributed by atoms with Crippen molar-refractivity contribution in [3.05, 3.63) is 35.9 Å². The van der Waals surface area contributed by atoms with Crippen LogP contribution >= 0.6 is 0 Å². The number of nitrogens with one attached hydrogen (secondary N) is 4. The van der Waals surface area contributed by atoms with Crippen molar-refractivity contribution in [2.24, 2.45) is 5.41 Å². The van der Waals surface area contributed by atoms with Crippen molar-refractivity contribution in [2.45, 2.75) is 118 Å². The molecule has 2 rings (SSSR count). The smallest absolute Gasteiger partial charge is 0.258 e. The lowest BCUT2D eigenvalue weighted by Gasteiger charge is -2.26. The van der Waals surface area contributed by atoms with Gasteiger partial charge in [0.15, 0.2) is 0 Å². The third kappa shape index (κ3) is 14.0. The van der Waals surface area contributed by atoms with Crippen LogP contribution in [0, 0.1) is 5.41 Å². The van der Waals surface area contributed by atoms with Gasteiger partial charge < -0.3 is 26.0 Å². The standard InChI is InChI=1S/C35H53N5O7/c1-33(2,3)32(46)36-20-11-10-12-25(31(45)39-35(7,8)9)37-27(41)19-21-47-26-15-14-24(40-29(43)17-18-30(40)44)22-23(26)13-16-28(42)38-34(4,5)6/h14-15,17-18,22,25H,10-13,16,19-21H2,1-9H3,(H,36,46)(H,37,41)(H,38,42)(H,39,45). The fourth-order valence-corrected chi connectivity index (χ4v) is 4.61. The first kappa shape index (κ1) is 39.0. The molecule has 0 fully saturated rings. The first-order valence-corrected chi connectivity index (χ1v) is 16.2. The highest BCUT2D eigenvalue weighted by molar-refractivity contribution is 6.28. The molecule has 1 atom stereocenters. The summed E-state index contributed by atoms with van der Waals surface area (Å²) < 4.78 is 5.96. The predicted octanol–water partition coefficient (Wildman–Crippen LogP) is 3.46. The van der Waals surface area contributed by atoms with Gasteiger partial charge in [0.1, 0.15) is 11.8 Å². The summed E-state index contributed by atoms with van der Waals surface area (Å²) in [4.78, 5) is 76.2. The Morgan fingerprint density at radius 3 is 2.00 bits per heavy atom. The van der Waals surface area contributed by atoms with Gasteiger partial charge in [-0.25, -0.2) is 4.90 Å². The lowest BCUT2D eigenvalue weighted by molar-refractivity contribution is -0.130. The molecule has 6 amide bonds. The molecule has 12 heteroatoms. The Morgan fingerprint density at radius 1 is 0.809 bits per heavy atom. The third-order valence-electron chi connectivity index (χ3n) is 6.87. The zero-order valence-corrected chi connectivity index (χ0v) is 29.4. The number of ether oxygens (including phenoxy) is 1. The number of amides is 6. The Labute approximate surface area is 278 Å². The van der Waals surface area contributed by atoms with E-state index >= 15 is 0 Å². The topological polar surface area (TPSA) is 163 Å². The summed E-state index contributed by atoms with van der Waals surface area (Å²) in [7, 11) is 0. The van der Waals surface area contributed by atoms with E-state index in [1.54, 1.807) is 18.2 Å². The van der Waals surface area contributed by atoms with Crippen molar-refractivity contribution in [1.82, 2.24) is 21.3 Å². The largest absolute Gasteiger partial charge is 0.493 e. The highest BCUT2D eigenvalue weighted by Gasteiger charge is 2.27. The van der Waals surface area contributed by atoms with Gasteiger partial charge in [-0.05, 0) is 91.0 Å². The lowest BCUT2D eigenvalue weighted by Crippen LogP contribution is -2.52. The number of benzene rings is 1. The van der Waals surface area contributed by atoms with Gasteiger partial charge in [-0.3, -0.25) is 28.8 Å². The molecule has 0 saturated carbocycles. The van der Waals surface area contributed by atoms with Crippen molar-refractivity contribution in [3.63, 3.8) is 0 Å². The summed E-state index contributed by atoms with van der Waals surface area (Å²) in [5.74, 6) is -1.39. The molecule has 1 unspecified atom stereocenters. The van der Waals surface area contributed by atoms with Gasteiger partial charge in [0.05, 0.1) is 18.7 Å². The predicted molar refractivity (Wildman–Crippen MR) is 181 cm³/mol. The summed E-state index contributed by atoms with van der Waals surface area (Å²) in [6, 6.07) is 4.06. The van der Waals surface area contributed by atoms with E-state index in [1.165, 1.54) is 12.2 Å². The van der Waals surface area contributed by atoms with Crippen LogP contribution in [0.4, 0.5) is 5.69 Å². The van der Waals surface area contributed by atoms with Crippen LogP contribution in [-0.4, -0.2) is 65.7 Å². The minimum atomic E-state index is -0.764.